The van der Waals surface area contributed by atoms with E-state index in [1.165, 1.54) is 0 Å². The molecule has 1 unspecified atom stereocenters. The van der Waals surface area contributed by atoms with Gasteiger partial charge in [0, 0.05) is 44.6 Å². The fourth-order valence-electron chi connectivity index (χ4n) is 8.22. The molecule has 4 aliphatic rings. The van der Waals surface area contributed by atoms with Crippen molar-refractivity contribution in [1.82, 2.24) is 30.0 Å². The van der Waals surface area contributed by atoms with Crippen LogP contribution in [-0.4, -0.2) is 83.1 Å². The fraction of sp³-hybridized carbons (Fsp3) is 0.711. The number of amides is 1. The Morgan fingerprint density at radius 1 is 1.06 bits per heavy atom. The number of alkyl carbamates (subject to hydrolysis) is 1. The Balaban J connectivity index is 1.15. The van der Waals surface area contributed by atoms with Gasteiger partial charge in [0.1, 0.15) is 11.4 Å². The second-order valence-corrected chi connectivity index (χ2v) is 22.5. The molecule has 51 heavy (non-hydrogen) atoms. The van der Waals surface area contributed by atoms with Crippen molar-refractivity contribution in [3.05, 3.63) is 30.2 Å². The number of aromatic nitrogens is 5. The summed E-state index contributed by atoms with van der Waals surface area (Å²) in [6, 6.07) is 4.10. The molecule has 278 valence electrons. The molecule has 3 aromatic heterocycles. The molecule has 7 rings (SSSR count). The summed E-state index contributed by atoms with van der Waals surface area (Å²) in [6.45, 7) is 20.4. The molecule has 1 N–H and O–H groups in total. The minimum Gasteiger partial charge on any atom is -0.444 e. The van der Waals surface area contributed by atoms with Gasteiger partial charge >= 0.3 is 6.09 Å². The van der Waals surface area contributed by atoms with Crippen LogP contribution in [0.25, 0.3) is 11.2 Å². The lowest BCUT2D eigenvalue weighted by molar-refractivity contribution is -0.0368. The lowest BCUT2D eigenvalue weighted by Crippen LogP contribution is -2.51. The van der Waals surface area contributed by atoms with E-state index in [0.717, 1.165) is 118 Å². The van der Waals surface area contributed by atoms with Gasteiger partial charge in [0.15, 0.2) is 31.5 Å². The normalized spacial score (nSPS) is 24.2. The lowest BCUT2D eigenvalue weighted by atomic mass is 9.74. The van der Waals surface area contributed by atoms with Crippen LogP contribution in [0.5, 0.6) is 0 Å². The van der Waals surface area contributed by atoms with Crippen molar-refractivity contribution in [2.75, 3.05) is 36.0 Å². The fourth-order valence-corrected chi connectivity index (χ4v) is 9.59. The van der Waals surface area contributed by atoms with Crippen molar-refractivity contribution in [2.45, 2.75) is 141 Å². The summed E-state index contributed by atoms with van der Waals surface area (Å²) < 4.78 is 21.0. The number of ether oxygens (including phenoxy) is 2. The van der Waals surface area contributed by atoms with Gasteiger partial charge < -0.3 is 29.0 Å². The predicted octanol–water partition coefficient (Wildman–Crippen LogP) is 7.67. The van der Waals surface area contributed by atoms with Crippen molar-refractivity contribution in [3.8, 4) is 0 Å². The molecule has 3 fully saturated rings. The molecule has 1 saturated carbocycles. The van der Waals surface area contributed by atoms with Crippen LogP contribution in [0.3, 0.4) is 0 Å². The topological polar surface area (TPSA) is 120 Å². The van der Waals surface area contributed by atoms with Crippen molar-refractivity contribution < 1.29 is 18.7 Å². The number of anilines is 3. The first kappa shape index (κ1) is 36.1. The maximum absolute atomic E-state index is 13.1. The first-order chi connectivity index (χ1) is 24.1. The van der Waals surface area contributed by atoms with Gasteiger partial charge in [-0.2, -0.15) is 0 Å². The van der Waals surface area contributed by atoms with Gasteiger partial charge in [0.05, 0.1) is 17.6 Å². The molecule has 1 spiro atoms. The molecule has 2 saturated heterocycles. The van der Waals surface area contributed by atoms with Crippen LogP contribution in [0.1, 0.15) is 105 Å². The van der Waals surface area contributed by atoms with Crippen molar-refractivity contribution >= 4 is 42.9 Å². The van der Waals surface area contributed by atoms with E-state index < -0.39 is 13.9 Å². The summed E-state index contributed by atoms with van der Waals surface area (Å²) in [5.41, 5.74) is 3.10. The first-order valence-corrected chi connectivity index (χ1v) is 22.0. The number of hydrogen-bond donors (Lipinski definition) is 1. The van der Waals surface area contributed by atoms with Crippen molar-refractivity contribution in [1.29, 1.82) is 0 Å². The Morgan fingerprint density at radius 2 is 1.84 bits per heavy atom. The molecule has 3 atom stereocenters. The Kier molecular flexibility index (Phi) is 9.62. The zero-order chi connectivity index (χ0) is 36.2. The predicted molar refractivity (Wildman–Crippen MR) is 202 cm³/mol. The first-order valence-electron chi connectivity index (χ1n) is 19.1. The molecule has 3 aromatic rings. The summed E-state index contributed by atoms with van der Waals surface area (Å²) in [6.07, 6.45) is 12.0. The third-order valence-corrected chi connectivity index (χ3v) is 16.5. The second kappa shape index (κ2) is 13.6. The number of pyridine rings is 1. The van der Waals surface area contributed by atoms with Gasteiger partial charge in [-0.25, -0.2) is 19.4 Å². The molecule has 1 amide bonds. The summed E-state index contributed by atoms with van der Waals surface area (Å²) in [5.74, 6) is 1.67. The quantitative estimate of drug-likeness (QED) is 0.254. The van der Waals surface area contributed by atoms with Gasteiger partial charge in [-0.05, 0) is 114 Å². The molecule has 13 heteroatoms. The van der Waals surface area contributed by atoms with Crippen LogP contribution >= 0.6 is 0 Å². The summed E-state index contributed by atoms with van der Waals surface area (Å²) in [7, 11) is -2.00. The molecular weight excluding hydrogens is 661 g/mol. The van der Waals surface area contributed by atoms with Gasteiger partial charge in [-0.15, -0.1) is 5.10 Å². The molecule has 12 nitrogen and oxygen atoms in total. The number of nitrogens with zero attached hydrogens (tertiary/aromatic N) is 7. The van der Waals surface area contributed by atoms with Crippen LogP contribution in [0.15, 0.2) is 24.5 Å². The van der Waals surface area contributed by atoms with E-state index in [9.17, 15) is 4.79 Å². The van der Waals surface area contributed by atoms with E-state index in [-0.39, 0.29) is 34.9 Å². The van der Waals surface area contributed by atoms with Crippen LogP contribution < -0.4 is 15.1 Å². The summed E-state index contributed by atoms with van der Waals surface area (Å²) in [4.78, 5) is 32.8. The van der Waals surface area contributed by atoms with E-state index in [4.69, 9.17) is 29.0 Å². The smallest absolute Gasteiger partial charge is 0.407 e. The zero-order valence-electron chi connectivity index (χ0n) is 32.0. The number of carbonyl (C=O) groups is 1. The highest BCUT2D eigenvalue weighted by Crippen LogP contribution is 2.50. The lowest BCUT2D eigenvalue weighted by Gasteiger charge is -2.44. The molecular formula is C38H58N8O4Si. The summed E-state index contributed by atoms with van der Waals surface area (Å²) in [5, 5.41) is 8.60. The molecule has 1 aliphatic carbocycles. The van der Waals surface area contributed by atoms with Crippen LogP contribution in [0, 0.1) is 5.41 Å². The van der Waals surface area contributed by atoms with E-state index >= 15 is 0 Å². The Hall–Kier alpha value is -3.29. The van der Waals surface area contributed by atoms with Gasteiger partial charge in [0.25, 0.3) is 0 Å². The monoisotopic (exact) mass is 718 g/mol. The second-order valence-electron chi connectivity index (χ2n) is 17.7. The number of aryl methyl sites for hydroxylation is 1. The molecule has 6 heterocycles. The highest BCUT2D eigenvalue weighted by Gasteiger charge is 2.52. The Morgan fingerprint density at radius 3 is 2.55 bits per heavy atom. The average molecular weight is 719 g/mol. The molecule has 0 aromatic carbocycles. The molecule has 0 bridgehead atoms. The van der Waals surface area contributed by atoms with E-state index in [1.807, 2.05) is 43.9 Å². The average Bonchev–Trinajstić information content (AvgIpc) is 3.60. The highest BCUT2D eigenvalue weighted by atomic mass is 28.4. The third-order valence-electron chi connectivity index (χ3n) is 11.9. The minimum atomic E-state index is -2.00. The molecule has 3 aliphatic heterocycles. The van der Waals surface area contributed by atoms with Crippen molar-refractivity contribution in [2.24, 2.45) is 5.41 Å². The maximum Gasteiger partial charge on any atom is 0.407 e. The largest absolute Gasteiger partial charge is 0.444 e. The number of hydrogen-bond acceptors (Lipinski definition) is 10. The number of nitrogens with one attached hydrogen (secondary N) is 1. The minimum absolute atomic E-state index is 0.0211. The third kappa shape index (κ3) is 7.35. The standard InChI is InChI=1S/C38H58N8O4Si/c1-36(2,3)49-35(47)41-29-23-26(50-51(7,8)37(4,5)6)24-38(29)16-20-44(21-17-38)30-25-40-32-33(42-30)46(31-15-9-10-22-48-31)43-34(32)45-19-12-13-27-28(45)14-11-18-39-27/h11,14,18,25-26,29,31H,9-10,12-13,15-17,19-24H2,1-8H3,(H,41,47)/t26-,29+,31?/m0/s1. The highest BCUT2D eigenvalue weighted by molar-refractivity contribution is 6.74. The van der Waals surface area contributed by atoms with Gasteiger partial charge in [-0.3, -0.25) is 4.98 Å². The van der Waals surface area contributed by atoms with Crippen LogP contribution in [0.2, 0.25) is 18.1 Å². The van der Waals surface area contributed by atoms with E-state index in [1.54, 1.807) is 0 Å². The van der Waals surface area contributed by atoms with Gasteiger partial charge in [0.2, 0.25) is 0 Å². The Labute approximate surface area is 304 Å². The Bertz CT molecular complexity index is 1720. The van der Waals surface area contributed by atoms with Gasteiger partial charge in [-0.1, -0.05) is 20.8 Å². The van der Waals surface area contributed by atoms with Crippen molar-refractivity contribution in [3.63, 3.8) is 0 Å². The SMILES string of the molecule is CC(C)(C)OC(=O)N[C@@H]1C[C@H](O[Si](C)(C)C(C)(C)C)CC12CCN(c1cnc3c(N4CCCc5ncccc54)nn(C4CCCCO4)c3n1)CC2. The molecule has 0 radical (unpaired) electrons. The number of piperidine rings is 1. The van der Waals surface area contributed by atoms with Crippen LogP contribution in [-0.2, 0) is 20.3 Å². The maximum atomic E-state index is 13.1. The van der Waals surface area contributed by atoms with E-state index in [2.05, 4.69) is 60.0 Å². The number of carbonyl (C=O) groups excluding carboxylic acids is 1. The van der Waals surface area contributed by atoms with Crippen LogP contribution in [0.4, 0.5) is 22.1 Å². The number of rotatable bonds is 6. The summed E-state index contributed by atoms with van der Waals surface area (Å²) >= 11 is 0. The zero-order valence-corrected chi connectivity index (χ0v) is 33.0. The van der Waals surface area contributed by atoms with E-state index in [0.29, 0.717) is 0 Å². The number of fused-ring (bicyclic) bond motifs is 2.